The Balaban J connectivity index is 0.000000235. The summed E-state index contributed by atoms with van der Waals surface area (Å²) in [7, 11) is 0. The molecule has 12 heteroatoms. The first-order valence-corrected chi connectivity index (χ1v) is 12.7. The number of carbonyl (C=O) groups excluding carboxylic acids is 1. The predicted molar refractivity (Wildman–Crippen MR) is 120 cm³/mol. The van der Waals surface area contributed by atoms with Crippen molar-refractivity contribution in [3.63, 3.8) is 0 Å². The number of rotatable bonds is 2. The maximum absolute atomic E-state index is 13.1. The minimum Gasteiger partial charge on any atom is -0.376 e. The Hall–Kier alpha value is -1.13. The molecule has 0 saturated carbocycles. The molecule has 2 aromatic carbocycles. The number of benzene rings is 2. The second-order valence-electron chi connectivity index (χ2n) is 6.92. The van der Waals surface area contributed by atoms with Gasteiger partial charge in [0.2, 0.25) is 0 Å². The average molecular weight is 690 g/mol. The third-order valence-corrected chi connectivity index (χ3v) is 9.58. The Labute approximate surface area is 201 Å². The number of alkyl halides is 6. The van der Waals surface area contributed by atoms with Crippen molar-refractivity contribution in [2.24, 2.45) is 0 Å². The van der Waals surface area contributed by atoms with Gasteiger partial charge in [0, 0.05) is 9.13 Å². The summed E-state index contributed by atoms with van der Waals surface area (Å²) in [6.45, 7) is 2.88. The van der Waals surface area contributed by atoms with Gasteiger partial charge in [-0.1, -0.05) is 18.2 Å². The van der Waals surface area contributed by atoms with E-state index in [1.807, 2.05) is 0 Å². The second-order valence-corrected chi connectivity index (χ2v) is 11.4. The van der Waals surface area contributed by atoms with Crippen molar-refractivity contribution in [1.82, 2.24) is 0 Å². The van der Waals surface area contributed by atoms with Crippen LogP contribution in [0, 0.1) is 7.14 Å². The molecule has 4 nitrogen and oxygen atoms in total. The third-order valence-electron chi connectivity index (χ3n) is 4.45. The smallest absolute Gasteiger partial charge is 0.376 e. The number of hydrogen-bond donors (Lipinski definition) is 1. The van der Waals surface area contributed by atoms with Crippen LogP contribution in [-0.2, 0) is 22.1 Å². The summed E-state index contributed by atoms with van der Waals surface area (Å²) in [6.07, 6.45) is -9.20. The zero-order valence-electron chi connectivity index (χ0n) is 16.8. The molecular formula is C20H18F6I2O4. The van der Waals surface area contributed by atoms with Crippen LogP contribution in [0.25, 0.3) is 0 Å². The van der Waals surface area contributed by atoms with Gasteiger partial charge in [-0.25, -0.2) is 0 Å². The van der Waals surface area contributed by atoms with Gasteiger partial charge in [-0.05, 0) is 35.6 Å². The molecule has 0 aromatic heterocycles. The Morgan fingerprint density at radius 3 is 2.09 bits per heavy atom. The van der Waals surface area contributed by atoms with Crippen molar-refractivity contribution in [2.45, 2.75) is 44.3 Å². The number of carbonyl (C=O) groups is 1. The maximum Gasteiger partial charge on any atom is 0.421 e. The predicted octanol–water partition coefficient (Wildman–Crippen LogP) is 6.62. The van der Waals surface area contributed by atoms with Gasteiger partial charge in [0.25, 0.3) is 0 Å². The second kappa shape index (κ2) is 9.62. The fourth-order valence-electron chi connectivity index (χ4n) is 2.57. The summed E-state index contributed by atoms with van der Waals surface area (Å²) in [5.41, 5.74) is -5.24. The minimum absolute atomic E-state index is 0.0453. The first-order chi connectivity index (χ1) is 14.5. The molecule has 1 heterocycles. The molecule has 3 rings (SSSR count). The van der Waals surface area contributed by atoms with Crippen molar-refractivity contribution < 1.29 is 42.4 Å². The molecule has 0 aliphatic carbocycles. The molecule has 0 radical (unpaired) electrons. The van der Waals surface area contributed by atoms with Crippen LogP contribution in [0.1, 0.15) is 31.9 Å². The van der Waals surface area contributed by atoms with E-state index in [0.717, 1.165) is 20.8 Å². The minimum atomic E-state index is -4.66. The van der Waals surface area contributed by atoms with Gasteiger partial charge in [0.1, 0.15) is 0 Å². The molecule has 178 valence electrons. The molecule has 32 heavy (non-hydrogen) atoms. The molecule has 2 unspecified atom stereocenters. The van der Waals surface area contributed by atoms with Crippen LogP contribution in [0.3, 0.4) is 0 Å². The van der Waals surface area contributed by atoms with Crippen LogP contribution < -0.4 is 0 Å². The van der Waals surface area contributed by atoms with Crippen LogP contribution in [0.15, 0.2) is 48.5 Å². The Bertz CT molecular complexity index is 977. The molecule has 0 spiro atoms. The van der Waals surface area contributed by atoms with Gasteiger partial charge in [0.05, 0.1) is 0 Å². The summed E-state index contributed by atoms with van der Waals surface area (Å²) in [5, 5.41) is 9.37. The Morgan fingerprint density at radius 2 is 1.59 bits per heavy atom. The van der Waals surface area contributed by atoms with E-state index in [9.17, 15) is 36.2 Å². The van der Waals surface area contributed by atoms with Crippen molar-refractivity contribution in [3.05, 3.63) is 66.8 Å². The van der Waals surface area contributed by atoms with Crippen LogP contribution in [0.5, 0.6) is 0 Å². The fourth-order valence-corrected chi connectivity index (χ4v) is 7.56. The van der Waals surface area contributed by atoms with Crippen LogP contribution in [0.2, 0.25) is 0 Å². The SMILES string of the molecule is CC(=O)OI1OC(C)(C(F)(F)F)c2ccccc21.CC(O)(c1ccccc1I)C(F)(F)F. The van der Waals surface area contributed by atoms with Crippen LogP contribution >= 0.6 is 43.2 Å². The molecule has 1 aliphatic heterocycles. The van der Waals surface area contributed by atoms with Gasteiger partial charge in [-0.2, -0.15) is 13.2 Å². The molecule has 2 aromatic rings. The van der Waals surface area contributed by atoms with Crippen molar-refractivity contribution >= 4 is 49.2 Å². The summed E-state index contributed by atoms with van der Waals surface area (Å²) in [5.74, 6) is -0.624. The summed E-state index contributed by atoms with van der Waals surface area (Å²) in [4.78, 5) is 10.9. The monoisotopic (exact) mass is 690 g/mol. The molecule has 0 saturated heterocycles. The van der Waals surface area contributed by atoms with Gasteiger partial charge in [-0.3, -0.25) is 0 Å². The fraction of sp³-hybridized carbons (Fsp3) is 0.350. The standard InChI is InChI=1S/C11H10F3IO3.C9H8F3IO/c1-7(16)17-15-9-6-4-3-5-8(9)10(2,18-15)11(12,13)14;1-8(14,9(10,11)12)6-4-2-3-5-7(6)13/h3-6H,1-2H3;2-5,14H,1H3. The zero-order chi connectivity index (χ0) is 24.5. The van der Waals surface area contributed by atoms with Crippen molar-refractivity contribution in [2.75, 3.05) is 0 Å². The number of fused-ring (bicyclic) bond motifs is 1. The van der Waals surface area contributed by atoms with Gasteiger partial charge in [-0.15, -0.1) is 0 Å². The molecule has 0 fully saturated rings. The molecule has 0 bridgehead atoms. The molecule has 1 aliphatic rings. The van der Waals surface area contributed by atoms with E-state index in [1.165, 1.54) is 36.4 Å². The number of halogens is 8. The van der Waals surface area contributed by atoms with Crippen LogP contribution in [-0.4, -0.2) is 23.4 Å². The van der Waals surface area contributed by atoms with E-state index >= 15 is 0 Å². The van der Waals surface area contributed by atoms with Gasteiger partial charge in [0.15, 0.2) is 5.60 Å². The molecule has 2 atom stereocenters. The van der Waals surface area contributed by atoms with Crippen molar-refractivity contribution in [1.29, 1.82) is 0 Å². The quantitative estimate of drug-likeness (QED) is 0.285. The summed E-state index contributed by atoms with van der Waals surface area (Å²) >= 11 is -1.26. The molecule has 1 N–H and O–H groups in total. The summed E-state index contributed by atoms with van der Waals surface area (Å²) in [6, 6.07) is 11.9. The zero-order valence-corrected chi connectivity index (χ0v) is 21.1. The van der Waals surface area contributed by atoms with Gasteiger partial charge >= 0.3 is 116 Å². The average Bonchev–Trinajstić information content (AvgIpc) is 2.94. The maximum atomic E-state index is 13.1. The van der Waals surface area contributed by atoms with E-state index in [1.54, 1.807) is 34.7 Å². The first kappa shape index (κ1) is 27.1. The third kappa shape index (κ3) is 5.50. The topological polar surface area (TPSA) is 55.8 Å². The number of aliphatic hydroxyl groups is 1. The largest absolute Gasteiger partial charge is 0.421 e. The normalized spacial score (nSPS) is 21.2. The first-order valence-electron chi connectivity index (χ1n) is 8.81. The Kier molecular flexibility index (Phi) is 8.15. The van der Waals surface area contributed by atoms with Gasteiger partial charge < -0.3 is 5.11 Å². The Morgan fingerprint density at radius 1 is 1.06 bits per heavy atom. The van der Waals surface area contributed by atoms with E-state index in [-0.39, 0.29) is 11.1 Å². The van der Waals surface area contributed by atoms with E-state index in [0.29, 0.717) is 7.14 Å². The molecular weight excluding hydrogens is 672 g/mol. The van der Waals surface area contributed by atoms with E-state index in [2.05, 4.69) is 0 Å². The van der Waals surface area contributed by atoms with E-state index < -0.39 is 50.2 Å². The van der Waals surface area contributed by atoms with E-state index in [4.69, 9.17) is 6.13 Å². The van der Waals surface area contributed by atoms with Crippen LogP contribution in [0.4, 0.5) is 26.3 Å². The molecule has 0 amide bonds. The number of hydrogen-bond acceptors (Lipinski definition) is 4. The van der Waals surface area contributed by atoms with Crippen molar-refractivity contribution in [3.8, 4) is 0 Å². The summed E-state index contributed by atoms with van der Waals surface area (Å²) < 4.78 is 87.4.